The number of rotatable bonds is 8. The van der Waals surface area contributed by atoms with Crippen LogP contribution in [0.15, 0.2) is 109 Å². The molecule has 1 N–H and O–H groups in total. The number of para-hydroxylation sites is 1. The highest BCUT2D eigenvalue weighted by Gasteiger charge is 2.70. The number of carbonyl (C=O) groups excluding carboxylic acids is 3. The van der Waals surface area contributed by atoms with Gasteiger partial charge in [-0.15, -0.1) is 0 Å². The van der Waals surface area contributed by atoms with Crippen molar-refractivity contribution in [2.45, 2.75) is 50.1 Å². The minimum Gasteiger partial charge on any atom is -0.358 e. The number of fused-ring (bicyclic) bond motifs is 6. The van der Waals surface area contributed by atoms with Crippen molar-refractivity contribution in [3.8, 4) is 0 Å². The van der Waals surface area contributed by atoms with Crippen molar-refractivity contribution in [2.24, 2.45) is 5.92 Å². The lowest BCUT2D eigenvalue weighted by Gasteiger charge is -2.38. The Hall–Kier alpha value is -4.77. The number of aryl methyl sites for hydroxylation is 1. The lowest BCUT2D eigenvalue weighted by molar-refractivity contribution is -0.122. The summed E-state index contributed by atoms with van der Waals surface area (Å²) in [6.07, 6.45) is 8.27. The van der Waals surface area contributed by atoms with Crippen molar-refractivity contribution in [2.75, 3.05) is 5.32 Å². The third-order valence-corrected chi connectivity index (χ3v) is 9.49. The fourth-order valence-corrected chi connectivity index (χ4v) is 7.54. The Morgan fingerprint density at radius 2 is 1.49 bits per heavy atom. The van der Waals surface area contributed by atoms with Crippen molar-refractivity contribution < 1.29 is 14.4 Å². The van der Waals surface area contributed by atoms with Gasteiger partial charge in [-0.25, -0.2) is 0 Å². The first-order chi connectivity index (χ1) is 21.1. The predicted octanol–water partition coefficient (Wildman–Crippen LogP) is 7.40. The molecule has 1 amide bonds. The molecule has 5 nitrogen and oxygen atoms in total. The van der Waals surface area contributed by atoms with E-state index in [2.05, 4.69) is 12.2 Å². The molecule has 0 bridgehead atoms. The number of hydrogen-bond acceptors (Lipinski definition) is 4. The molecule has 0 unspecified atom stereocenters. The zero-order chi connectivity index (χ0) is 29.6. The number of ketones is 2. The number of anilines is 1. The molecule has 1 spiro atoms. The van der Waals surface area contributed by atoms with E-state index in [4.69, 9.17) is 0 Å². The van der Waals surface area contributed by atoms with Gasteiger partial charge in [0, 0.05) is 23.0 Å². The largest absolute Gasteiger partial charge is 0.358 e. The minimum absolute atomic E-state index is 0.168. The van der Waals surface area contributed by atoms with Crippen molar-refractivity contribution in [1.82, 2.24) is 4.90 Å². The van der Waals surface area contributed by atoms with E-state index in [1.807, 2.05) is 108 Å². The second-order valence-corrected chi connectivity index (χ2v) is 11.8. The summed E-state index contributed by atoms with van der Waals surface area (Å²) in [7, 11) is 0. The van der Waals surface area contributed by atoms with Gasteiger partial charge in [-0.3, -0.25) is 14.4 Å². The molecular formula is C38H34N2O3. The molecule has 43 heavy (non-hydrogen) atoms. The summed E-state index contributed by atoms with van der Waals surface area (Å²) in [6.45, 7) is 2.19. The monoisotopic (exact) mass is 566 g/mol. The molecule has 4 atom stereocenters. The second kappa shape index (κ2) is 10.8. The molecule has 3 aliphatic rings. The maximum Gasteiger partial charge on any atom is 0.238 e. The van der Waals surface area contributed by atoms with Crippen molar-refractivity contribution in [3.05, 3.63) is 143 Å². The van der Waals surface area contributed by atoms with Crippen LogP contribution < -0.4 is 5.32 Å². The molecule has 0 radical (unpaired) electrons. The predicted molar refractivity (Wildman–Crippen MR) is 169 cm³/mol. The first-order valence-corrected chi connectivity index (χ1v) is 15.2. The molecule has 0 aromatic heterocycles. The van der Waals surface area contributed by atoms with Gasteiger partial charge in [0.15, 0.2) is 11.6 Å². The number of amides is 1. The van der Waals surface area contributed by atoms with Gasteiger partial charge in [0.05, 0.1) is 12.0 Å². The topological polar surface area (TPSA) is 66.5 Å². The van der Waals surface area contributed by atoms with Crippen molar-refractivity contribution in [3.63, 3.8) is 0 Å². The van der Waals surface area contributed by atoms with Gasteiger partial charge in [-0.1, -0.05) is 117 Å². The summed E-state index contributed by atoms with van der Waals surface area (Å²) in [5.41, 5.74) is 4.27. The van der Waals surface area contributed by atoms with Crippen LogP contribution in [0.5, 0.6) is 0 Å². The highest BCUT2D eigenvalue weighted by Crippen LogP contribution is 2.62. The molecule has 4 aromatic carbocycles. The summed E-state index contributed by atoms with van der Waals surface area (Å²) in [5.74, 6) is -1.57. The molecule has 4 aromatic rings. The highest BCUT2D eigenvalue weighted by molar-refractivity contribution is 6.16. The summed E-state index contributed by atoms with van der Waals surface area (Å²) in [5, 5.41) is 3.11. The Bertz CT molecular complexity index is 1740. The fraction of sp³-hybridized carbons (Fsp3) is 0.237. The quantitative estimate of drug-likeness (QED) is 0.178. The van der Waals surface area contributed by atoms with Gasteiger partial charge < -0.3 is 10.2 Å². The third-order valence-electron chi connectivity index (χ3n) is 9.49. The van der Waals surface area contributed by atoms with E-state index < -0.39 is 23.4 Å². The zero-order valence-corrected chi connectivity index (χ0v) is 24.2. The summed E-state index contributed by atoms with van der Waals surface area (Å²) >= 11 is 0. The van der Waals surface area contributed by atoms with Crippen LogP contribution in [0.1, 0.15) is 75.2 Å². The number of unbranched alkanes of at least 4 members (excludes halogenated alkanes) is 2. The molecule has 1 fully saturated rings. The average molecular weight is 567 g/mol. The summed E-state index contributed by atoms with van der Waals surface area (Å²) in [4.78, 5) is 46.0. The van der Waals surface area contributed by atoms with Gasteiger partial charge in [0.1, 0.15) is 11.5 Å². The number of carbonyl (C=O) groups is 3. The Morgan fingerprint density at radius 1 is 0.791 bits per heavy atom. The van der Waals surface area contributed by atoms with E-state index in [0.29, 0.717) is 16.8 Å². The van der Waals surface area contributed by atoms with E-state index in [-0.39, 0.29) is 17.5 Å². The molecule has 214 valence electrons. The standard InChI is InChI=1S/C38H34N2O3/c1-2-3-5-12-25-19-21-28(22-20-25)34(41)32-33(35(42)27-14-6-4-7-15-27)40-24-23-26-13-8-9-16-29(26)36(40)38(32)30-17-10-11-18-31(30)39-37(38)43/h4,6-11,13-24,32-33,36H,2-3,5,12H2,1H3,(H,39,43)/t32-,33+,36-,38+/m0/s1. The van der Waals surface area contributed by atoms with Crippen molar-refractivity contribution >= 4 is 29.2 Å². The number of Topliss-reactive ketones (excluding diaryl/α,β-unsaturated/α-hetero) is 2. The van der Waals surface area contributed by atoms with Gasteiger partial charge in [-0.05, 0) is 47.2 Å². The van der Waals surface area contributed by atoms with E-state index in [0.717, 1.165) is 42.4 Å². The second-order valence-electron chi connectivity index (χ2n) is 11.8. The maximum absolute atomic E-state index is 15.0. The summed E-state index contributed by atoms with van der Waals surface area (Å²) < 4.78 is 0. The Morgan fingerprint density at radius 3 is 2.28 bits per heavy atom. The lowest BCUT2D eigenvalue weighted by atomic mass is 9.62. The van der Waals surface area contributed by atoms with Crippen LogP contribution in [0.4, 0.5) is 5.69 Å². The van der Waals surface area contributed by atoms with Crippen LogP contribution in [0, 0.1) is 5.92 Å². The Labute approximate surface area is 252 Å². The smallest absolute Gasteiger partial charge is 0.238 e. The average Bonchev–Trinajstić information content (AvgIpc) is 3.53. The number of hydrogen-bond donors (Lipinski definition) is 1. The van der Waals surface area contributed by atoms with Gasteiger partial charge >= 0.3 is 0 Å². The first-order valence-electron chi connectivity index (χ1n) is 15.2. The van der Waals surface area contributed by atoms with E-state index >= 15 is 0 Å². The van der Waals surface area contributed by atoms with Gasteiger partial charge in [-0.2, -0.15) is 0 Å². The molecule has 7 rings (SSSR count). The molecule has 3 aliphatic heterocycles. The molecule has 5 heteroatoms. The van der Waals surface area contributed by atoms with E-state index in [1.54, 1.807) is 12.1 Å². The maximum atomic E-state index is 15.0. The van der Waals surface area contributed by atoms with Crippen LogP contribution in [-0.2, 0) is 16.6 Å². The fourth-order valence-electron chi connectivity index (χ4n) is 7.54. The zero-order valence-electron chi connectivity index (χ0n) is 24.2. The minimum atomic E-state index is -1.32. The van der Waals surface area contributed by atoms with Crippen LogP contribution in [-0.4, -0.2) is 28.4 Å². The Kier molecular flexibility index (Phi) is 6.81. The van der Waals surface area contributed by atoms with Crippen LogP contribution in [0.2, 0.25) is 0 Å². The van der Waals surface area contributed by atoms with Crippen LogP contribution in [0.3, 0.4) is 0 Å². The number of nitrogens with one attached hydrogen (secondary N) is 1. The van der Waals surface area contributed by atoms with Gasteiger partial charge in [0.2, 0.25) is 5.91 Å². The molecular weight excluding hydrogens is 532 g/mol. The lowest BCUT2D eigenvalue weighted by Crippen LogP contribution is -2.49. The third kappa shape index (κ3) is 4.17. The normalized spacial score (nSPS) is 23.0. The van der Waals surface area contributed by atoms with E-state index in [1.165, 1.54) is 5.56 Å². The number of benzene rings is 4. The van der Waals surface area contributed by atoms with E-state index in [9.17, 15) is 14.4 Å². The molecule has 1 saturated heterocycles. The highest BCUT2D eigenvalue weighted by atomic mass is 16.2. The van der Waals surface area contributed by atoms with Gasteiger partial charge in [0.25, 0.3) is 0 Å². The van der Waals surface area contributed by atoms with Crippen molar-refractivity contribution in [1.29, 1.82) is 0 Å². The summed E-state index contributed by atoms with van der Waals surface area (Å²) in [6, 6.07) is 31.1. The van der Waals surface area contributed by atoms with Crippen LogP contribution in [0.25, 0.3) is 6.08 Å². The molecule has 0 aliphatic carbocycles. The SMILES string of the molecule is CCCCCc1ccc(C(=O)[C@@H]2[C@H](C(=O)c3ccccc3)N3C=Cc4ccccc4[C@H]3[C@]23C(=O)Nc2ccccc23)cc1. The van der Waals surface area contributed by atoms with Crippen LogP contribution >= 0.6 is 0 Å². The first kappa shape index (κ1) is 27.1. The Balaban J connectivity index is 1.44. The number of nitrogens with zero attached hydrogens (tertiary/aromatic N) is 1. The molecule has 0 saturated carbocycles. The molecule has 3 heterocycles.